The summed E-state index contributed by atoms with van der Waals surface area (Å²) in [6.07, 6.45) is 4.14. The average molecular weight is 363 g/mol. The molecule has 1 amide bonds. The lowest BCUT2D eigenvalue weighted by Crippen LogP contribution is -2.23. The number of carbonyl (C=O) groups is 1. The lowest BCUT2D eigenvalue weighted by molar-refractivity contribution is -0.117. The number of carbonyl (C=O) groups excluding carboxylic acids is 1. The van der Waals surface area contributed by atoms with Gasteiger partial charge >= 0.3 is 0 Å². The zero-order chi connectivity index (χ0) is 19.1. The van der Waals surface area contributed by atoms with Crippen molar-refractivity contribution < 1.29 is 9.53 Å². The summed E-state index contributed by atoms with van der Waals surface area (Å²) in [4.78, 5) is 17.0. The second-order valence-corrected chi connectivity index (χ2v) is 6.44. The third-order valence-corrected chi connectivity index (χ3v) is 4.53. The van der Waals surface area contributed by atoms with Gasteiger partial charge in [0, 0.05) is 30.1 Å². The van der Waals surface area contributed by atoms with Gasteiger partial charge in [-0.25, -0.2) is 0 Å². The Bertz CT molecular complexity index is 893. The highest BCUT2D eigenvalue weighted by Crippen LogP contribution is 2.24. The summed E-state index contributed by atoms with van der Waals surface area (Å²) >= 11 is 0. The Morgan fingerprint density at radius 3 is 2.70 bits per heavy atom. The number of nitrogens with one attached hydrogen (secondary N) is 1. The van der Waals surface area contributed by atoms with E-state index < -0.39 is 0 Å². The highest BCUT2D eigenvalue weighted by Gasteiger charge is 2.20. The predicted octanol–water partition coefficient (Wildman–Crippen LogP) is 3.84. The molecule has 0 aliphatic carbocycles. The molecule has 5 heteroatoms. The standard InChI is InChI=1S/C22H25N3O2/c1-2-27-15-16-3-5-17(6-4-16)21(9-11-23)22(26)25-20-8-7-19-14-24-12-10-18(19)13-20/h3-8,10,12-14,21H,2,9,11,15,23H2,1H3,(H,25,26)/t21-/m1/s1. The van der Waals surface area contributed by atoms with Crippen LogP contribution in [0, 0.1) is 0 Å². The molecule has 0 spiro atoms. The van der Waals surface area contributed by atoms with Crippen LogP contribution in [0.5, 0.6) is 0 Å². The van der Waals surface area contributed by atoms with Crippen LogP contribution in [0.3, 0.4) is 0 Å². The molecule has 0 bridgehead atoms. The van der Waals surface area contributed by atoms with Crippen LogP contribution >= 0.6 is 0 Å². The van der Waals surface area contributed by atoms with Crippen molar-refractivity contribution in [2.45, 2.75) is 25.9 Å². The van der Waals surface area contributed by atoms with Crippen LogP contribution in [0.15, 0.2) is 60.9 Å². The number of hydrogen-bond donors (Lipinski definition) is 2. The normalized spacial score (nSPS) is 12.1. The number of pyridine rings is 1. The van der Waals surface area contributed by atoms with Gasteiger partial charge in [0.25, 0.3) is 0 Å². The molecule has 0 aliphatic heterocycles. The summed E-state index contributed by atoms with van der Waals surface area (Å²) < 4.78 is 5.43. The van der Waals surface area contributed by atoms with E-state index in [2.05, 4.69) is 10.3 Å². The Hall–Kier alpha value is -2.76. The molecule has 0 radical (unpaired) electrons. The van der Waals surface area contributed by atoms with Crippen molar-refractivity contribution in [3.8, 4) is 0 Å². The van der Waals surface area contributed by atoms with Gasteiger partial charge in [-0.05, 0) is 54.6 Å². The lowest BCUT2D eigenvalue weighted by Gasteiger charge is -2.17. The van der Waals surface area contributed by atoms with E-state index in [0.29, 0.717) is 26.2 Å². The smallest absolute Gasteiger partial charge is 0.231 e. The van der Waals surface area contributed by atoms with Crippen molar-refractivity contribution in [3.63, 3.8) is 0 Å². The molecular formula is C22H25N3O2. The monoisotopic (exact) mass is 363 g/mol. The minimum absolute atomic E-state index is 0.0496. The first-order chi connectivity index (χ1) is 13.2. The van der Waals surface area contributed by atoms with E-state index in [1.54, 1.807) is 6.20 Å². The van der Waals surface area contributed by atoms with E-state index in [1.807, 2.05) is 61.7 Å². The van der Waals surface area contributed by atoms with Crippen molar-refractivity contribution in [2.75, 3.05) is 18.5 Å². The van der Waals surface area contributed by atoms with Crippen molar-refractivity contribution in [1.82, 2.24) is 4.98 Å². The zero-order valence-corrected chi connectivity index (χ0v) is 15.5. The number of nitrogens with two attached hydrogens (primary N) is 1. The van der Waals surface area contributed by atoms with Crippen LogP contribution in [-0.2, 0) is 16.1 Å². The molecule has 3 N–H and O–H groups in total. The van der Waals surface area contributed by atoms with E-state index in [0.717, 1.165) is 27.6 Å². The molecule has 3 rings (SSSR count). The summed E-state index contributed by atoms with van der Waals surface area (Å²) in [6.45, 7) is 3.68. The fourth-order valence-corrected chi connectivity index (χ4v) is 3.07. The molecule has 5 nitrogen and oxygen atoms in total. The highest BCUT2D eigenvalue weighted by atomic mass is 16.5. The predicted molar refractivity (Wildman–Crippen MR) is 109 cm³/mol. The molecule has 0 aliphatic rings. The van der Waals surface area contributed by atoms with E-state index in [-0.39, 0.29) is 11.8 Å². The van der Waals surface area contributed by atoms with E-state index in [1.165, 1.54) is 0 Å². The average Bonchev–Trinajstić information content (AvgIpc) is 2.71. The van der Waals surface area contributed by atoms with Gasteiger partial charge in [-0.3, -0.25) is 9.78 Å². The number of fused-ring (bicyclic) bond motifs is 1. The van der Waals surface area contributed by atoms with Gasteiger partial charge in [0.2, 0.25) is 5.91 Å². The van der Waals surface area contributed by atoms with Gasteiger partial charge in [-0.15, -0.1) is 0 Å². The Morgan fingerprint density at radius 2 is 1.96 bits per heavy atom. The summed E-state index contributed by atoms with van der Waals surface area (Å²) in [5.41, 5.74) is 8.59. The SMILES string of the molecule is CCOCc1ccc([C@@H](CCN)C(=O)Nc2ccc3cnccc3c2)cc1. The maximum absolute atomic E-state index is 12.9. The molecule has 0 saturated carbocycles. The maximum Gasteiger partial charge on any atom is 0.231 e. The fourth-order valence-electron chi connectivity index (χ4n) is 3.07. The zero-order valence-electron chi connectivity index (χ0n) is 15.5. The molecule has 0 fully saturated rings. The Balaban J connectivity index is 1.75. The van der Waals surface area contributed by atoms with Crippen molar-refractivity contribution in [1.29, 1.82) is 0 Å². The number of aromatic nitrogens is 1. The number of nitrogens with zero attached hydrogens (tertiary/aromatic N) is 1. The molecule has 2 aromatic carbocycles. The van der Waals surface area contributed by atoms with Gasteiger partial charge in [-0.2, -0.15) is 0 Å². The Labute approximate surface area is 159 Å². The number of rotatable bonds is 8. The van der Waals surface area contributed by atoms with Crippen LogP contribution < -0.4 is 11.1 Å². The maximum atomic E-state index is 12.9. The molecule has 0 unspecified atom stereocenters. The second-order valence-electron chi connectivity index (χ2n) is 6.44. The van der Waals surface area contributed by atoms with Crippen molar-refractivity contribution in [2.24, 2.45) is 5.73 Å². The molecular weight excluding hydrogens is 338 g/mol. The van der Waals surface area contributed by atoms with Crippen molar-refractivity contribution in [3.05, 3.63) is 72.1 Å². The fraction of sp³-hybridized carbons (Fsp3) is 0.273. The lowest BCUT2D eigenvalue weighted by atomic mass is 9.94. The van der Waals surface area contributed by atoms with E-state index >= 15 is 0 Å². The second kappa shape index (κ2) is 9.26. The van der Waals surface area contributed by atoms with Crippen LogP contribution in [-0.4, -0.2) is 24.0 Å². The number of amides is 1. The number of anilines is 1. The molecule has 1 heterocycles. The third kappa shape index (κ3) is 4.90. The van der Waals surface area contributed by atoms with Gasteiger partial charge in [-0.1, -0.05) is 30.3 Å². The van der Waals surface area contributed by atoms with Gasteiger partial charge in [0.05, 0.1) is 12.5 Å². The van der Waals surface area contributed by atoms with Gasteiger partial charge in [0.15, 0.2) is 0 Å². The van der Waals surface area contributed by atoms with Gasteiger partial charge in [0.1, 0.15) is 0 Å². The van der Waals surface area contributed by atoms with Crippen LogP contribution in [0.25, 0.3) is 10.8 Å². The third-order valence-electron chi connectivity index (χ3n) is 4.53. The first kappa shape index (κ1) is 19.0. The summed E-state index contributed by atoms with van der Waals surface area (Å²) in [5.74, 6) is -0.337. The summed E-state index contributed by atoms with van der Waals surface area (Å²) in [5, 5.41) is 5.11. The molecule has 27 heavy (non-hydrogen) atoms. The Kier molecular flexibility index (Phi) is 6.52. The molecule has 3 aromatic rings. The minimum atomic E-state index is -0.288. The molecule has 140 valence electrons. The molecule has 1 aromatic heterocycles. The molecule has 1 atom stereocenters. The number of ether oxygens (including phenoxy) is 1. The summed E-state index contributed by atoms with van der Waals surface area (Å²) in [7, 11) is 0. The van der Waals surface area contributed by atoms with Crippen molar-refractivity contribution >= 4 is 22.4 Å². The van der Waals surface area contributed by atoms with Gasteiger partial charge < -0.3 is 15.8 Å². The van der Waals surface area contributed by atoms with E-state index in [9.17, 15) is 4.79 Å². The number of hydrogen-bond acceptors (Lipinski definition) is 4. The van der Waals surface area contributed by atoms with E-state index in [4.69, 9.17) is 10.5 Å². The minimum Gasteiger partial charge on any atom is -0.377 e. The number of benzene rings is 2. The summed E-state index contributed by atoms with van der Waals surface area (Å²) in [6, 6.07) is 15.7. The van der Waals surface area contributed by atoms with Crippen LogP contribution in [0.1, 0.15) is 30.4 Å². The first-order valence-corrected chi connectivity index (χ1v) is 9.22. The highest BCUT2D eigenvalue weighted by molar-refractivity contribution is 5.97. The van der Waals surface area contributed by atoms with Crippen LogP contribution in [0.4, 0.5) is 5.69 Å². The largest absolute Gasteiger partial charge is 0.377 e. The quantitative estimate of drug-likeness (QED) is 0.637. The topological polar surface area (TPSA) is 77.2 Å². The first-order valence-electron chi connectivity index (χ1n) is 9.22. The Morgan fingerprint density at radius 1 is 1.15 bits per heavy atom. The van der Waals surface area contributed by atoms with Crippen LogP contribution in [0.2, 0.25) is 0 Å². The molecule has 0 saturated heterocycles.